The summed E-state index contributed by atoms with van der Waals surface area (Å²) in [4.78, 5) is 12.9. The highest BCUT2D eigenvalue weighted by Crippen LogP contribution is 2.44. The molecule has 4 nitrogen and oxygen atoms in total. The van der Waals surface area contributed by atoms with Gasteiger partial charge in [-0.3, -0.25) is 0 Å². The Morgan fingerprint density at radius 3 is 1.48 bits per heavy atom. The molecule has 2 aromatic heterocycles. The molecule has 0 spiro atoms. The van der Waals surface area contributed by atoms with Crippen molar-refractivity contribution < 1.29 is 4.42 Å². The summed E-state index contributed by atoms with van der Waals surface area (Å²) >= 11 is 0. The summed E-state index contributed by atoms with van der Waals surface area (Å²) in [5.74, 6) is 0.626. The predicted molar refractivity (Wildman–Crippen MR) is 231 cm³/mol. The molecule has 2 heterocycles. The van der Waals surface area contributed by atoms with Gasteiger partial charge in [-0.15, -0.1) is 0 Å². The lowest BCUT2D eigenvalue weighted by Gasteiger charge is -2.27. The van der Waals surface area contributed by atoms with Gasteiger partial charge in [-0.05, 0) is 64.7 Å². The maximum atomic E-state index is 6.69. The first-order chi connectivity index (χ1) is 27.7. The SMILES string of the molecule is c1ccc(-c2ccc(N(c3cccc(-c4ccccc4)c3)c3cc(-c4nc(-c5ccccc5)cc(-c5ccccc5)n4)c4c(c3)oc3ccccc34)cc2)cc1. The van der Waals surface area contributed by atoms with E-state index in [2.05, 4.69) is 163 Å². The van der Waals surface area contributed by atoms with Gasteiger partial charge in [-0.25, -0.2) is 9.97 Å². The van der Waals surface area contributed by atoms with E-state index in [9.17, 15) is 0 Å². The highest BCUT2D eigenvalue weighted by Gasteiger charge is 2.22. The number of anilines is 3. The van der Waals surface area contributed by atoms with E-state index in [0.717, 1.165) is 83.8 Å². The van der Waals surface area contributed by atoms with Crippen molar-refractivity contribution in [3.63, 3.8) is 0 Å². The van der Waals surface area contributed by atoms with Crippen LogP contribution in [0.2, 0.25) is 0 Å². The third-order valence-electron chi connectivity index (χ3n) is 10.3. The number of para-hydroxylation sites is 1. The van der Waals surface area contributed by atoms with Gasteiger partial charge in [0.25, 0.3) is 0 Å². The van der Waals surface area contributed by atoms with Crippen molar-refractivity contribution in [2.24, 2.45) is 0 Å². The molecule has 0 saturated heterocycles. The highest BCUT2D eigenvalue weighted by molar-refractivity contribution is 6.13. The van der Waals surface area contributed by atoms with Crippen LogP contribution in [0.5, 0.6) is 0 Å². The second-order valence-corrected chi connectivity index (χ2v) is 13.8. The van der Waals surface area contributed by atoms with Crippen LogP contribution in [0, 0.1) is 0 Å². The zero-order valence-electron chi connectivity index (χ0n) is 30.5. The molecule has 0 unspecified atom stereocenters. The van der Waals surface area contributed by atoms with E-state index in [1.165, 1.54) is 5.56 Å². The Morgan fingerprint density at radius 2 is 0.857 bits per heavy atom. The smallest absolute Gasteiger partial charge is 0.161 e. The lowest BCUT2D eigenvalue weighted by Crippen LogP contribution is -2.10. The Kier molecular flexibility index (Phi) is 8.47. The molecular weight excluding hydrogens is 683 g/mol. The molecule has 8 aromatic carbocycles. The van der Waals surface area contributed by atoms with Gasteiger partial charge in [0, 0.05) is 44.9 Å². The van der Waals surface area contributed by atoms with Crippen LogP contribution in [-0.2, 0) is 0 Å². The lowest BCUT2D eigenvalue weighted by atomic mass is 10.0. The molecule has 0 N–H and O–H groups in total. The largest absolute Gasteiger partial charge is 0.456 e. The fourth-order valence-electron chi connectivity index (χ4n) is 7.56. The van der Waals surface area contributed by atoms with Crippen LogP contribution >= 0.6 is 0 Å². The van der Waals surface area contributed by atoms with Crippen LogP contribution in [0.15, 0.2) is 217 Å². The summed E-state index contributed by atoms with van der Waals surface area (Å²) < 4.78 is 6.69. The first kappa shape index (κ1) is 33.0. The van der Waals surface area contributed by atoms with Crippen molar-refractivity contribution in [2.75, 3.05) is 4.90 Å². The molecule has 4 heteroatoms. The van der Waals surface area contributed by atoms with Gasteiger partial charge >= 0.3 is 0 Å². The van der Waals surface area contributed by atoms with Gasteiger partial charge in [0.1, 0.15) is 11.2 Å². The second kappa shape index (κ2) is 14.3. The number of fused-ring (bicyclic) bond motifs is 3. The minimum Gasteiger partial charge on any atom is -0.456 e. The van der Waals surface area contributed by atoms with E-state index in [4.69, 9.17) is 14.4 Å². The minimum atomic E-state index is 0.626. The molecule has 0 aliphatic rings. The Morgan fingerprint density at radius 1 is 0.339 bits per heavy atom. The van der Waals surface area contributed by atoms with Gasteiger partial charge in [-0.1, -0.05) is 164 Å². The number of benzene rings is 8. The van der Waals surface area contributed by atoms with E-state index >= 15 is 0 Å². The van der Waals surface area contributed by atoms with Crippen LogP contribution < -0.4 is 4.90 Å². The van der Waals surface area contributed by atoms with E-state index in [0.29, 0.717) is 5.82 Å². The van der Waals surface area contributed by atoms with E-state index in [-0.39, 0.29) is 0 Å². The second-order valence-electron chi connectivity index (χ2n) is 13.8. The summed E-state index contributed by atoms with van der Waals surface area (Å²) in [6.07, 6.45) is 0. The van der Waals surface area contributed by atoms with E-state index in [1.807, 2.05) is 54.6 Å². The molecule has 0 bridgehead atoms. The number of hydrogen-bond acceptors (Lipinski definition) is 4. The summed E-state index contributed by atoms with van der Waals surface area (Å²) in [5.41, 5.74) is 13.8. The molecule has 0 aliphatic carbocycles. The van der Waals surface area contributed by atoms with Gasteiger partial charge in [0.05, 0.1) is 17.1 Å². The molecule has 0 aliphatic heterocycles. The number of rotatable bonds is 8. The first-order valence-corrected chi connectivity index (χ1v) is 18.8. The zero-order valence-corrected chi connectivity index (χ0v) is 30.5. The third-order valence-corrected chi connectivity index (χ3v) is 10.3. The normalized spacial score (nSPS) is 11.2. The molecule has 0 amide bonds. The standard InChI is InChI=1S/C52H35N3O/c1-5-16-36(17-6-1)38-28-30-42(31-29-38)55(43-25-15-24-41(32-43)37-18-7-2-8-19-37)44-33-46(51-45-26-13-14-27-49(45)56-50(51)34-44)52-53-47(39-20-9-3-10-21-39)35-48(54-52)40-22-11-4-12-23-40/h1-35H. The number of nitrogens with zero attached hydrogens (tertiary/aromatic N) is 3. The van der Waals surface area contributed by atoms with Crippen LogP contribution in [-0.4, -0.2) is 9.97 Å². The molecule has 56 heavy (non-hydrogen) atoms. The van der Waals surface area contributed by atoms with Crippen molar-refractivity contribution in [3.8, 4) is 56.2 Å². The molecule has 0 fully saturated rings. The molecule has 10 aromatic rings. The summed E-state index contributed by atoms with van der Waals surface area (Å²) in [6.45, 7) is 0. The van der Waals surface area contributed by atoms with Crippen molar-refractivity contribution in [1.82, 2.24) is 9.97 Å². The monoisotopic (exact) mass is 717 g/mol. The van der Waals surface area contributed by atoms with E-state index in [1.54, 1.807) is 0 Å². The van der Waals surface area contributed by atoms with Gasteiger partial charge in [-0.2, -0.15) is 0 Å². The van der Waals surface area contributed by atoms with Crippen LogP contribution in [0.1, 0.15) is 0 Å². The summed E-state index contributed by atoms with van der Waals surface area (Å²) in [6, 6.07) is 73.8. The minimum absolute atomic E-state index is 0.626. The molecule has 0 saturated carbocycles. The van der Waals surface area contributed by atoms with Gasteiger partial charge in [0.2, 0.25) is 0 Å². The highest BCUT2D eigenvalue weighted by atomic mass is 16.3. The number of aromatic nitrogens is 2. The maximum absolute atomic E-state index is 6.69. The first-order valence-electron chi connectivity index (χ1n) is 18.8. The number of furan rings is 1. The maximum Gasteiger partial charge on any atom is 0.161 e. The number of hydrogen-bond donors (Lipinski definition) is 0. The predicted octanol–water partition coefficient (Wildman–Crippen LogP) is 14.2. The van der Waals surface area contributed by atoms with Crippen molar-refractivity contribution >= 4 is 39.0 Å². The zero-order chi connectivity index (χ0) is 37.3. The van der Waals surface area contributed by atoms with Crippen molar-refractivity contribution in [1.29, 1.82) is 0 Å². The van der Waals surface area contributed by atoms with Crippen molar-refractivity contribution in [2.45, 2.75) is 0 Å². The molecule has 0 atom stereocenters. The van der Waals surface area contributed by atoms with Gasteiger partial charge in [0.15, 0.2) is 5.82 Å². The average Bonchev–Trinajstić information content (AvgIpc) is 3.66. The lowest BCUT2D eigenvalue weighted by molar-refractivity contribution is 0.669. The van der Waals surface area contributed by atoms with Crippen LogP contribution in [0.25, 0.3) is 78.1 Å². The van der Waals surface area contributed by atoms with Crippen LogP contribution in [0.3, 0.4) is 0 Å². The molecule has 264 valence electrons. The Balaban J connectivity index is 1.23. The summed E-state index contributed by atoms with van der Waals surface area (Å²) in [7, 11) is 0. The molecule has 0 radical (unpaired) electrons. The fraction of sp³-hybridized carbons (Fsp3) is 0. The van der Waals surface area contributed by atoms with Crippen molar-refractivity contribution in [3.05, 3.63) is 212 Å². The Labute approximate surface area is 325 Å². The third kappa shape index (κ3) is 6.29. The summed E-state index contributed by atoms with van der Waals surface area (Å²) in [5, 5.41) is 2.00. The topological polar surface area (TPSA) is 42.2 Å². The molecule has 10 rings (SSSR count). The average molecular weight is 718 g/mol. The fourth-order valence-corrected chi connectivity index (χ4v) is 7.56. The quantitative estimate of drug-likeness (QED) is 0.157. The van der Waals surface area contributed by atoms with Gasteiger partial charge < -0.3 is 9.32 Å². The van der Waals surface area contributed by atoms with Crippen LogP contribution in [0.4, 0.5) is 17.1 Å². The molecular formula is C52H35N3O. The van der Waals surface area contributed by atoms with E-state index < -0.39 is 0 Å². The Bertz CT molecular complexity index is 2880. The Hall–Kier alpha value is -7.56.